The van der Waals surface area contributed by atoms with E-state index in [1.54, 1.807) is 14.2 Å². The number of rotatable bonds is 9. The molecule has 0 saturated carbocycles. The summed E-state index contributed by atoms with van der Waals surface area (Å²) in [6, 6.07) is 45.1. The summed E-state index contributed by atoms with van der Waals surface area (Å²) in [7, 11) is 3.30. The van der Waals surface area contributed by atoms with E-state index in [4.69, 9.17) is 14.2 Å². The quantitative estimate of drug-likeness (QED) is 0.102. The average Bonchev–Trinajstić information content (AvgIpc) is 3.12. The zero-order chi connectivity index (χ0) is 31.5. The molecule has 0 aliphatic carbocycles. The first-order chi connectivity index (χ1) is 22.6. The molecule has 0 aromatic heterocycles. The fraction of sp³-hybridized carbons (Fsp3) is 0.143. The Morgan fingerprint density at radius 1 is 0.587 bits per heavy atom. The zero-order valence-corrected chi connectivity index (χ0v) is 25.9. The summed E-state index contributed by atoms with van der Waals surface area (Å²) < 4.78 is 17.7. The van der Waals surface area contributed by atoms with Gasteiger partial charge < -0.3 is 19.3 Å². The molecule has 0 saturated heterocycles. The van der Waals surface area contributed by atoms with Gasteiger partial charge in [0.15, 0.2) is 0 Å². The standard InChI is InChI=1S/C42H34O4/c1-44-37-23-19-34(20-24-37)42(33-11-4-3-5-12-33,35-21-25-38(45-2)26-22-35)46-28-36(43)13-7-8-29-14-15-32-17-16-30-9-6-10-31-18-27-39(29)41(32)40(30)31/h3-6,9-12,14-27,36,43H,13,28H2,1-2H3/t36-/m0/s1. The van der Waals surface area contributed by atoms with E-state index in [2.05, 4.69) is 78.6 Å². The summed E-state index contributed by atoms with van der Waals surface area (Å²) in [5.74, 6) is 8.11. The van der Waals surface area contributed by atoms with Crippen LogP contribution in [0.15, 0.2) is 133 Å². The topological polar surface area (TPSA) is 47.9 Å². The van der Waals surface area contributed by atoms with Crippen molar-refractivity contribution in [3.05, 3.63) is 156 Å². The van der Waals surface area contributed by atoms with Crippen molar-refractivity contribution in [3.63, 3.8) is 0 Å². The number of hydrogen-bond donors (Lipinski definition) is 1. The van der Waals surface area contributed by atoms with Crippen LogP contribution < -0.4 is 9.47 Å². The number of benzene rings is 7. The maximum absolute atomic E-state index is 11.3. The Kier molecular flexibility index (Phi) is 8.03. The molecule has 0 fully saturated rings. The molecule has 0 radical (unpaired) electrons. The van der Waals surface area contributed by atoms with Gasteiger partial charge in [0.25, 0.3) is 0 Å². The van der Waals surface area contributed by atoms with E-state index >= 15 is 0 Å². The van der Waals surface area contributed by atoms with Crippen LogP contribution in [0.3, 0.4) is 0 Å². The molecule has 4 heteroatoms. The van der Waals surface area contributed by atoms with Crippen molar-refractivity contribution in [3.8, 4) is 23.3 Å². The minimum absolute atomic E-state index is 0.0696. The maximum Gasteiger partial charge on any atom is 0.143 e. The molecule has 4 nitrogen and oxygen atoms in total. The zero-order valence-electron chi connectivity index (χ0n) is 25.9. The Morgan fingerprint density at radius 2 is 1.13 bits per heavy atom. The Labute approximate surface area is 269 Å². The molecular formula is C42H34O4. The second-order valence-corrected chi connectivity index (χ2v) is 11.4. The van der Waals surface area contributed by atoms with Crippen LogP contribution in [0.4, 0.5) is 0 Å². The summed E-state index contributed by atoms with van der Waals surface area (Å²) in [4.78, 5) is 0. The summed E-state index contributed by atoms with van der Waals surface area (Å²) in [5.41, 5.74) is 2.72. The second-order valence-electron chi connectivity index (χ2n) is 11.4. The summed E-state index contributed by atoms with van der Waals surface area (Å²) >= 11 is 0. The molecule has 0 amide bonds. The lowest BCUT2D eigenvalue weighted by Crippen LogP contribution is -2.35. The van der Waals surface area contributed by atoms with E-state index in [0.717, 1.165) is 39.1 Å². The van der Waals surface area contributed by atoms with Crippen molar-refractivity contribution in [2.24, 2.45) is 0 Å². The molecular weight excluding hydrogens is 568 g/mol. The van der Waals surface area contributed by atoms with E-state index in [1.165, 1.54) is 26.9 Å². The van der Waals surface area contributed by atoms with Gasteiger partial charge in [-0.2, -0.15) is 0 Å². The SMILES string of the molecule is COc1ccc(C(OC[C@@H](O)CC#Cc2ccc3ccc4cccc5ccc2c3c45)(c2ccccc2)c2ccc(OC)cc2)cc1. The molecule has 7 aromatic carbocycles. The van der Waals surface area contributed by atoms with E-state index < -0.39 is 11.7 Å². The fourth-order valence-electron chi connectivity index (χ4n) is 6.46. The number of ether oxygens (including phenoxy) is 3. The van der Waals surface area contributed by atoms with Crippen LogP contribution in [0.5, 0.6) is 11.5 Å². The Morgan fingerprint density at radius 3 is 1.74 bits per heavy atom. The van der Waals surface area contributed by atoms with Crippen molar-refractivity contribution in [2.75, 3.05) is 20.8 Å². The third-order valence-electron chi connectivity index (χ3n) is 8.76. The number of aliphatic hydroxyl groups is 1. The monoisotopic (exact) mass is 602 g/mol. The highest BCUT2D eigenvalue weighted by atomic mass is 16.5. The minimum atomic E-state index is -1.000. The predicted octanol–water partition coefficient (Wildman–Crippen LogP) is 8.71. The molecule has 7 aromatic rings. The van der Waals surface area contributed by atoms with Gasteiger partial charge in [0.05, 0.1) is 26.9 Å². The molecule has 0 aliphatic rings. The lowest BCUT2D eigenvalue weighted by atomic mass is 9.80. The van der Waals surface area contributed by atoms with Crippen LogP contribution >= 0.6 is 0 Å². The van der Waals surface area contributed by atoms with Crippen molar-refractivity contribution in [1.29, 1.82) is 0 Å². The fourth-order valence-corrected chi connectivity index (χ4v) is 6.46. The van der Waals surface area contributed by atoms with Crippen LogP contribution in [0.2, 0.25) is 0 Å². The molecule has 1 atom stereocenters. The number of methoxy groups -OCH3 is 2. The van der Waals surface area contributed by atoms with Gasteiger partial charge >= 0.3 is 0 Å². The third-order valence-corrected chi connectivity index (χ3v) is 8.76. The molecule has 0 aliphatic heterocycles. The first kappa shape index (κ1) is 29.4. The average molecular weight is 603 g/mol. The van der Waals surface area contributed by atoms with E-state index in [-0.39, 0.29) is 13.0 Å². The summed E-state index contributed by atoms with van der Waals surface area (Å²) in [5, 5.41) is 18.5. The van der Waals surface area contributed by atoms with Crippen molar-refractivity contribution >= 4 is 32.3 Å². The van der Waals surface area contributed by atoms with Gasteiger partial charge in [-0.25, -0.2) is 0 Å². The number of hydrogen-bond acceptors (Lipinski definition) is 4. The van der Waals surface area contributed by atoms with Gasteiger partial charge in [-0.1, -0.05) is 115 Å². The van der Waals surface area contributed by atoms with Crippen LogP contribution in [-0.4, -0.2) is 32.0 Å². The molecule has 0 spiro atoms. The highest BCUT2D eigenvalue weighted by Gasteiger charge is 2.38. The van der Waals surface area contributed by atoms with Gasteiger partial charge in [-0.3, -0.25) is 0 Å². The van der Waals surface area contributed by atoms with Crippen LogP contribution in [0, 0.1) is 11.8 Å². The van der Waals surface area contributed by atoms with Gasteiger partial charge in [0.1, 0.15) is 17.1 Å². The molecule has 7 rings (SSSR count). The van der Waals surface area contributed by atoms with Crippen LogP contribution in [0.1, 0.15) is 28.7 Å². The lowest BCUT2D eigenvalue weighted by Gasteiger charge is -2.36. The van der Waals surface area contributed by atoms with Crippen LogP contribution in [-0.2, 0) is 10.3 Å². The second kappa shape index (κ2) is 12.6. The summed E-state index contributed by atoms with van der Waals surface area (Å²) in [6.45, 7) is 0.0696. The van der Waals surface area contributed by atoms with E-state index in [1.807, 2.05) is 66.7 Å². The summed E-state index contributed by atoms with van der Waals surface area (Å²) in [6.07, 6.45) is -0.551. The molecule has 0 heterocycles. The third kappa shape index (κ3) is 5.31. The first-order valence-corrected chi connectivity index (χ1v) is 15.4. The van der Waals surface area contributed by atoms with E-state index in [9.17, 15) is 5.11 Å². The van der Waals surface area contributed by atoms with Gasteiger partial charge in [-0.15, -0.1) is 0 Å². The minimum Gasteiger partial charge on any atom is -0.497 e. The largest absolute Gasteiger partial charge is 0.497 e. The van der Waals surface area contributed by atoms with Gasteiger partial charge in [0.2, 0.25) is 0 Å². The highest BCUT2D eigenvalue weighted by molar-refractivity contribution is 6.23. The van der Waals surface area contributed by atoms with Gasteiger partial charge in [0, 0.05) is 12.0 Å². The highest BCUT2D eigenvalue weighted by Crippen LogP contribution is 2.42. The van der Waals surface area contributed by atoms with Gasteiger partial charge in [-0.05, 0) is 79.3 Å². The van der Waals surface area contributed by atoms with E-state index in [0.29, 0.717) is 0 Å². The molecule has 0 bridgehead atoms. The molecule has 46 heavy (non-hydrogen) atoms. The van der Waals surface area contributed by atoms with Crippen LogP contribution in [0.25, 0.3) is 32.3 Å². The Hall–Kier alpha value is -5.34. The van der Waals surface area contributed by atoms with Crippen molar-refractivity contribution in [2.45, 2.75) is 18.1 Å². The predicted molar refractivity (Wildman–Crippen MR) is 186 cm³/mol. The van der Waals surface area contributed by atoms with Crippen molar-refractivity contribution < 1.29 is 19.3 Å². The Bertz CT molecular complexity index is 2090. The normalized spacial score (nSPS) is 12.2. The van der Waals surface area contributed by atoms with Crippen molar-refractivity contribution in [1.82, 2.24) is 0 Å². The maximum atomic E-state index is 11.3. The molecule has 0 unspecified atom stereocenters. The molecule has 1 N–H and O–H groups in total. The lowest BCUT2D eigenvalue weighted by molar-refractivity contribution is -0.0363. The Balaban J connectivity index is 1.20. The smallest absolute Gasteiger partial charge is 0.143 e. The molecule has 226 valence electrons. The first-order valence-electron chi connectivity index (χ1n) is 15.4. The number of aliphatic hydroxyl groups excluding tert-OH is 1.